The lowest BCUT2D eigenvalue weighted by Crippen LogP contribution is -2.53. The van der Waals surface area contributed by atoms with Crippen molar-refractivity contribution in [2.24, 2.45) is 0 Å². The van der Waals surface area contributed by atoms with Crippen LogP contribution in [0.25, 0.3) is 11.2 Å². The standard InChI is InChI=1S/C24H28N6O5/c1-34-22-5-3-17-24(28-22)30(23(33)12-26-17)9-8-29-7-6-16(19(31)13-29)25-11-15-2-4-20-18(10-15)27-21(32)14-35-20/h2-5,10,12,16,19,25,31H,6-9,11,13-14H2,1H3,(H,27,32)/t16-,19+/m0/s1. The van der Waals surface area contributed by atoms with Crippen molar-refractivity contribution in [3.8, 4) is 11.6 Å². The van der Waals surface area contributed by atoms with Gasteiger partial charge >= 0.3 is 0 Å². The first-order chi connectivity index (χ1) is 17.0. The lowest BCUT2D eigenvalue weighted by molar-refractivity contribution is -0.118. The highest BCUT2D eigenvalue weighted by Crippen LogP contribution is 2.28. The summed E-state index contributed by atoms with van der Waals surface area (Å²) in [5.41, 5.74) is 2.56. The van der Waals surface area contributed by atoms with Crippen LogP contribution in [-0.2, 0) is 17.9 Å². The van der Waals surface area contributed by atoms with Gasteiger partial charge in [-0.2, -0.15) is 4.98 Å². The van der Waals surface area contributed by atoms with E-state index in [1.807, 2.05) is 18.2 Å². The third-order valence-corrected chi connectivity index (χ3v) is 6.42. The molecule has 3 N–H and O–H groups in total. The molecule has 1 aromatic carbocycles. The largest absolute Gasteiger partial charge is 0.482 e. The molecule has 0 unspecified atom stereocenters. The Hall–Kier alpha value is -3.54. The predicted octanol–water partition coefficient (Wildman–Crippen LogP) is 0.356. The number of aliphatic hydroxyl groups excluding tert-OH is 1. The number of aliphatic hydroxyl groups is 1. The van der Waals surface area contributed by atoms with Crippen molar-refractivity contribution in [1.29, 1.82) is 0 Å². The number of carbonyl (C=O) groups is 1. The van der Waals surface area contributed by atoms with E-state index in [1.165, 1.54) is 13.3 Å². The predicted molar refractivity (Wildman–Crippen MR) is 129 cm³/mol. The number of nitrogens with zero attached hydrogens (tertiary/aromatic N) is 4. The first kappa shape index (κ1) is 23.2. The number of pyridine rings is 1. The van der Waals surface area contributed by atoms with Crippen molar-refractivity contribution >= 4 is 22.8 Å². The molecule has 35 heavy (non-hydrogen) atoms. The lowest BCUT2D eigenvalue weighted by atomic mass is 10.0. The van der Waals surface area contributed by atoms with Crippen LogP contribution >= 0.6 is 0 Å². The van der Waals surface area contributed by atoms with Gasteiger partial charge in [-0.25, -0.2) is 4.98 Å². The maximum absolute atomic E-state index is 12.5. The summed E-state index contributed by atoms with van der Waals surface area (Å²) in [6, 6.07) is 9.13. The van der Waals surface area contributed by atoms with Crippen molar-refractivity contribution in [1.82, 2.24) is 24.8 Å². The van der Waals surface area contributed by atoms with Crippen molar-refractivity contribution in [3.63, 3.8) is 0 Å². The van der Waals surface area contributed by atoms with Gasteiger partial charge in [-0.1, -0.05) is 6.07 Å². The van der Waals surface area contributed by atoms with Crippen LogP contribution in [0.15, 0.2) is 41.3 Å². The first-order valence-electron chi connectivity index (χ1n) is 11.6. The normalized spacial score (nSPS) is 20.2. The summed E-state index contributed by atoms with van der Waals surface area (Å²) < 4.78 is 12.2. The van der Waals surface area contributed by atoms with Crippen LogP contribution in [0.3, 0.4) is 0 Å². The fourth-order valence-corrected chi connectivity index (χ4v) is 4.52. The second-order valence-corrected chi connectivity index (χ2v) is 8.76. The molecule has 184 valence electrons. The monoisotopic (exact) mass is 480 g/mol. The van der Waals surface area contributed by atoms with Crippen LogP contribution in [0, 0.1) is 0 Å². The van der Waals surface area contributed by atoms with E-state index in [1.54, 1.807) is 16.7 Å². The molecule has 0 bridgehead atoms. The summed E-state index contributed by atoms with van der Waals surface area (Å²) in [5.74, 6) is 0.925. The zero-order valence-corrected chi connectivity index (χ0v) is 19.4. The van der Waals surface area contributed by atoms with Gasteiger partial charge in [0, 0.05) is 38.3 Å². The Morgan fingerprint density at radius 2 is 2.14 bits per heavy atom. The highest BCUT2D eigenvalue weighted by atomic mass is 16.5. The highest BCUT2D eigenvalue weighted by Gasteiger charge is 2.27. The number of amides is 1. The van der Waals surface area contributed by atoms with Crippen LogP contribution in [-0.4, -0.2) is 75.9 Å². The van der Waals surface area contributed by atoms with E-state index >= 15 is 0 Å². The fourth-order valence-electron chi connectivity index (χ4n) is 4.52. The van der Waals surface area contributed by atoms with E-state index < -0.39 is 6.10 Å². The minimum Gasteiger partial charge on any atom is -0.482 e. The SMILES string of the molecule is COc1ccc2ncc(=O)n(CCN3CC[C@H](NCc4ccc5c(c4)NC(=O)CO5)[C@H](O)C3)c2n1. The summed E-state index contributed by atoms with van der Waals surface area (Å²) in [6.45, 7) is 2.93. The van der Waals surface area contributed by atoms with E-state index in [2.05, 4.69) is 25.5 Å². The van der Waals surface area contributed by atoms with Crippen molar-refractivity contribution < 1.29 is 19.4 Å². The van der Waals surface area contributed by atoms with Crippen LogP contribution in [0.4, 0.5) is 5.69 Å². The number of methoxy groups -OCH3 is 1. The zero-order valence-electron chi connectivity index (χ0n) is 19.4. The molecule has 11 nitrogen and oxygen atoms in total. The molecule has 0 aliphatic carbocycles. The minimum absolute atomic E-state index is 0.0338. The topological polar surface area (TPSA) is 131 Å². The molecule has 5 rings (SSSR count). The Bertz CT molecular complexity index is 1300. The molecule has 1 fully saturated rings. The molecule has 1 amide bonds. The molecule has 0 saturated carbocycles. The number of piperidine rings is 1. The van der Waals surface area contributed by atoms with Gasteiger partial charge in [0.25, 0.3) is 11.5 Å². The number of β-amino-alcohol motifs (C(OH)–C–C–N with tert-alkyl or cyclic N) is 1. The Kier molecular flexibility index (Phi) is 6.62. The maximum atomic E-state index is 12.5. The molecule has 0 radical (unpaired) electrons. The number of rotatable bonds is 7. The number of anilines is 1. The molecule has 2 aliphatic heterocycles. The fraction of sp³-hybridized carbons (Fsp3) is 0.417. The van der Waals surface area contributed by atoms with E-state index in [0.717, 1.165) is 18.5 Å². The number of aromatic nitrogens is 3. The molecule has 2 atom stereocenters. The van der Waals surface area contributed by atoms with Crippen molar-refractivity contribution in [2.45, 2.75) is 31.7 Å². The van der Waals surface area contributed by atoms with Crippen molar-refractivity contribution in [2.75, 3.05) is 38.7 Å². The summed E-state index contributed by atoms with van der Waals surface area (Å²) in [6.07, 6.45) is 1.53. The number of hydrogen-bond donors (Lipinski definition) is 3. The molecule has 3 aromatic rings. The molecule has 4 heterocycles. The average Bonchev–Trinajstić information content (AvgIpc) is 2.87. The molecule has 0 spiro atoms. The van der Waals surface area contributed by atoms with Gasteiger partial charge in [0.1, 0.15) is 11.3 Å². The van der Waals surface area contributed by atoms with Gasteiger partial charge in [0.2, 0.25) is 5.88 Å². The van der Waals surface area contributed by atoms with Gasteiger partial charge in [0.05, 0.1) is 25.1 Å². The molecule has 2 aliphatic rings. The number of ether oxygens (including phenoxy) is 2. The van der Waals surface area contributed by atoms with Crippen LogP contribution in [0.5, 0.6) is 11.6 Å². The highest BCUT2D eigenvalue weighted by molar-refractivity contribution is 5.95. The van der Waals surface area contributed by atoms with E-state index in [4.69, 9.17) is 9.47 Å². The Balaban J connectivity index is 1.17. The summed E-state index contributed by atoms with van der Waals surface area (Å²) in [4.78, 5) is 34.7. The molecule has 2 aromatic heterocycles. The minimum atomic E-state index is -0.548. The van der Waals surface area contributed by atoms with Gasteiger partial charge < -0.3 is 25.2 Å². The Labute approximate surface area is 201 Å². The van der Waals surface area contributed by atoms with E-state index in [0.29, 0.717) is 54.7 Å². The van der Waals surface area contributed by atoms with Crippen LogP contribution in [0.1, 0.15) is 12.0 Å². The summed E-state index contributed by atoms with van der Waals surface area (Å²) in [7, 11) is 1.53. The second-order valence-electron chi connectivity index (χ2n) is 8.76. The van der Waals surface area contributed by atoms with Gasteiger partial charge in [-0.3, -0.25) is 19.1 Å². The van der Waals surface area contributed by atoms with E-state index in [9.17, 15) is 14.7 Å². The number of benzene rings is 1. The van der Waals surface area contributed by atoms with Crippen LogP contribution in [0.2, 0.25) is 0 Å². The van der Waals surface area contributed by atoms with Crippen LogP contribution < -0.4 is 25.7 Å². The van der Waals surface area contributed by atoms with Gasteiger partial charge in [0.15, 0.2) is 12.3 Å². The van der Waals surface area contributed by atoms with E-state index in [-0.39, 0.29) is 24.1 Å². The third kappa shape index (κ3) is 5.11. The molecular weight excluding hydrogens is 452 g/mol. The van der Waals surface area contributed by atoms with Gasteiger partial charge in [-0.15, -0.1) is 0 Å². The first-order valence-corrected chi connectivity index (χ1v) is 11.6. The number of hydrogen-bond acceptors (Lipinski definition) is 9. The Morgan fingerprint density at radius 3 is 2.97 bits per heavy atom. The number of nitrogens with one attached hydrogen (secondary N) is 2. The number of fused-ring (bicyclic) bond motifs is 2. The average molecular weight is 481 g/mol. The number of likely N-dealkylation sites (tertiary alicyclic amines) is 1. The molecule has 11 heteroatoms. The summed E-state index contributed by atoms with van der Waals surface area (Å²) >= 11 is 0. The third-order valence-electron chi connectivity index (χ3n) is 6.42. The smallest absolute Gasteiger partial charge is 0.270 e. The quantitative estimate of drug-likeness (QED) is 0.439. The maximum Gasteiger partial charge on any atom is 0.270 e. The number of carbonyl (C=O) groups excluding carboxylic acids is 1. The lowest BCUT2D eigenvalue weighted by Gasteiger charge is -2.36. The zero-order chi connectivity index (χ0) is 24.4. The van der Waals surface area contributed by atoms with Crippen molar-refractivity contribution in [3.05, 3.63) is 52.4 Å². The summed E-state index contributed by atoms with van der Waals surface area (Å²) in [5, 5.41) is 17.0. The molecular formula is C24H28N6O5. The second kappa shape index (κ2) is 9.98. The van der Waals surface area contributed by atoms with Gasteiger partial charge in [-0.05, 0) is 36.7 Å². The Morgan fingerprint density at radius 1 is 1.26 bits per heavy atom. The molecule has 1 saturated heterocycles.